The smallest absolute Gasteiger partial charge is 0.386 e. The summed E-state index contributed by atoms with van der Waals surface area (Å²) in [5, 5.41) is 10.5. The first-order chi connectivity index (χ1) is 12.6. The van der Waals surface area contributed by atoms with Crippen LogP contribution in [0.2, 0.25) is 0 Å². The van der Waals surface area contributed by atoms with Crippen LogP contribution >= 0.6 is 7.82 Å². The number of nitrogens with one attached hydrogen (secondary N) is 1. The average Bonchev–Trinajstić information content (AvgIpc) is 3.15. The molecular formula is C12H19N6O8P. The van der Waals surface area contributed by atoms with Crippen LogP contribution in [0.4, 0.5) is 5.95 Å². The number of aromatic amines is 1. The molecule has 3 rings (SSSR count). The Balaban J connectivity index is 1.97. The molecule has 0 radical (unpaired) electrons. The highest BCUT2D eigenvalue weighted by atomic mass is 31.2. The number of aliphatic hydroxyl groups excluding tert-OH is 1. The molecule has 1 unspecified atom stereocenters. The van der Waals surface area contributed by atoms with E-state index in [1.807, 2.05) is 0 Å². The number of methoxy groups -OCH3 is 1. The maximum atomic E-state index is 11.9. The van der Waals surface area contributed by atoms with Gasteiger partial charge in [-0.05, 0) is 0 Å². The number of imidazole rings is 1. The Morgan fingerprint density at radius 2 is 2.22 bits per heavy atom. The third-order valence-electron chi connectivity index (χ3n) is 4.19. The highest BCUT2D eigenvalue weighted by molar-refractivity contribution is 7.47. The van der Waals surface area contributed by atoms with Gasteiger partial charge in [-0.15, -0.1) is 0 Å². The number of phosphoric ester groups is 1. The van der Waals surface area contributed by atoms with Crippen molar-refractivity contribution in [3.8, 4) is 0 Å². The van der Waals surface area contributed by atoms with Crippen LogP contribution in [-0.4, -0.2) is 68.3 Å². The second-order valence-electron chi connectivity index (χ2n) is 5.75. The van der Waals surface area contributed by atoms with Crippen molar-refractivity contribution >= 4 is 24.9 Å². The lowest BCUT2D eigenvalue weighted by Gasteiger charge is -2.30. The molecule has 0 saturated carbocycles. The summed E-state index contributed by atoms with van der Waals surface area (Å²) in [4.78, 5) is 31.6. The summed E-state index contributed by atoms with van der Waals surface area (Å²) < 4.78 is 32.9. The SMILES string of the molecule is CO[C@]1(COP(=O)(O)OC)O[C@@H](n2cnc3c(=O)[nH]c(N)nc32)[C@@H](N)[C@@H]1O. The monoisotopic (exact) mass is 406 g/mol. The summed E-state index contributed by atoms with van der Waals surface area (Å²) in [6.07, 6.45) is -1.33. The van der Waals surface area contributed by atoms with Crippen molar-refractivity contribution in [2.45, 2.75) is 24.2 Å². The fraction of sp³-hybridized carbons (Fsp3) is 0.583. The van der Waals surface area contributed by atoms with E-state index in [0.29, 0.717) is 0 Å². The van der Waals surface area contributed by atoms with E-state index in [1.165, 1.54) is 18.0 Å². The van der Waals surface area contributed by atoms with Gasteiger partial charge in [0.05, 0.1) is 12.4 Å². The minimum absolute atomic E-state index is 0.0140. The van der Waals surface area contributed by atoms with Gasteiger partial charge in [0.15, 0.2) is 17.4 Å². The van der Waals surface area contributed by atoms with E-state index < -0.39 is 44.1 Å². The normalized spacial score (nSPS) is 30.6. The number of nitrogens with zero attached hydrogens (tertiary/aromatic N) is 3. The first-order valence-electron chi connectivity index (χ1n) is 7.56. The van der Waals surface area contributed by atoms with E-state index in [0.717, 1.165) is 7.11 Å². The van der Waals surface area contributed by atoms with Gasteiger partial charge in [0.25, 0.3) is 5.56 Å². The van der Waals surface area contributed by atoms with Crippen LogP contribution in [0.1, 0.15) is 6.23 Å². The van der Waals surface area contributed by atoms with E-state index in [1.54, 1.807) is 0 Å². The molecule has 3 heterocycles. The summed E-state index contributed by atoms with van der Waals surface area (Å²) in [6, 6.07) is -1.09. The van der Waals surface area contributed by atoms with Crippen molar-refractivity contribution in [1.82, 2.24) is 19.5 Å². The van der Waals surface area contributed by atoms with Gasteiger partial charge >= 0.3 is 7.82 Å². The van der Waals surface area contributed by atoms with Crippen LogP contribution in [0.15, 0.2) is 11.1 Å². The zero-order valence-corrected chi connectivity index (χ0v) is 15.2. The molecule has 1 aliphatic rings. The topological polar surface area (TPSA) is 210 Å². The molecule has 2 aromatic rings. The number of phosphoric acid groups is 1. The fourth-order valence-corrected chi connectivity index (χ4v) is 3.19. The highest BCUT2D eigenvalue weighted by Gasteiger charge is 2.56. The molecule has 2 aromatic heterocycles. The van der Waals surface area contributed by atoms with Crippen LogP contribution < -0.4 is 17.0 Å². The Kier molecular flexibility index (Phi) is 5.09. The van der Waals surface area contributed by atoms with Gasteiger partial charge in [0.1, 0.15) is 12.7 Å². The first-order valence-corrected chi connectivity index (χ1v) is 9.05. The number of nitrogens with two attached hydrogens (primary N) is 2. The van der Waals surface area contributed by atoms with Gasteiger partial charge < -0.3 is 30.9 Å². The Hall–Kier alpha value is -1.90. The maximum Gasteiger partial charge on any atom is 0.472 e. The van der Waals surface area contributed by atoms with Gasteiger partial charge in [-0.1, -0.05) is 0 Å². The van der Waals surface area contributed by atoms with Crippen molar-refractivity contribution in [3.63, 3.8) is 0 Å². The van der Waals surface area contributed by atoms with Gasteiger partial charge in [0.2, 0.25) is 11.7 Å². The molecule has 0 amide bonds. The summed E-state index contributed by atoms with van der Waals surface area (Å²) in [7, 11) is -2.19. The fourth-order valence-electron chi connectivity index (χ4n) is 2.74. The minimum Gasteiger partial charge on any atom is -0.386 e. The van der Waals surface area contributed by atoms with Crippen LogP contribution in [0, 0.1) is 0 Å². The molecule has 0 aliphatic carbocycles. The molecule has 1 saturated heterocycles. The number of nitrogen functional groups attached to an aromatic ring is 1. The predicted octanol–water partition coefficient (Wildman–Crippen LogP) is -1.98. The third kappa shape index (κ3) is 3.37. The summed E-state index contributed by atoms with van der Waals surface area (Å²) >= 11 is 0. The summed E-state index contributed by atoms with van der Waals surface area (Å²) in [5.41, 5.74) is 11.1. The van der Waals surface area contributed by atoms with E-state index >= 15 is 0 Å². The molecule has 27 heavy (non-hydrogen) atoms. The van der Waals surface area contributed by atoms with Crippen LogP contribution in [0.25, 0.3) is 11.2 Å². The van der Waals surface area contributed by atoms with Crippen LogP contribution in [-0.2, 0) is 23.1 Å². The number of hydrogen-bond donors (Lipinski definition) is 5. The summed E-state index contributed by atoms with van der Waals surface area (Å²) in [6.45, 7) is -0.667. The van der Waals surface area contributed by atoms with Gasteiger partial charge in [-0.3, -0.25) is 23.4 Å². The number of hydrogen-bond acceptors (Lipinski definition) is 11. The van der Waals surface area contributed by atoms with Crippen LogP contribution in [0.3, 0.4) is 0 Å². The van der Waals surface area contributed by atoms with Crippen LogP contribution in [0.5, 0.6) is 0 Å². The Morgan fingerprint density at radius 1 is 1.52 bits per heavy atom. The van der Waals surface area contributed by atoms with Crippen molar-refractivity contribution in [2.24, 2.45) is 5.73 Å². The number of rotatable bonds is 6. The standard InChI is InChI=1S/C12H19N6O8P/c1-23-12(3-25-27(21,22)24-2)7(19)5(13)10(26-12)18-4-15-6-8(18)16-11(14)17-9(6)20/h4-5,7,10,19H,3,13H2,1-2H3,(H,21,22)(H3,14,16,17,20)/t5-,7-,10+,12+/m0/s1. The number of aromatic nitrogens is 4. The largest absolute Gasteiger partial charge is 0.472 e. The summed E-state index contributed by atoms with van der Waals surface area (Å²) in [5.74, 6) is -2.03. The van der Waals surface area contributed by atoms with Crippen molar-refractivity contribution < 1.29 is 33.1 Å². The number of ether oxygens (including phenoxy) is 2. The molecule has 0 bridgehead atoms. The molecule has 0 spiro atoms. The van der Waals surface area contributed by atoms with Crippen molar-refractivity contribution in [3.05, 3.63) is 16.7 Å². The van der Waals surface area contributed by atoms with Crippen molar-refractivity contribution in [1.29, 1.82) is 0 Å². The zero-order chi connectivity index (χ0) is 20.0. The van der Waals surface area contributed by atoms with Gasteiger partial charge in [0, 0.05) is 14.2 Å². The molecular weight excluding hydrogens is 387 g/mol. The molecule has 15 heteroatoms. The molecule has 14 nitrogen and oxygen atoms in total. The van der Waals surface area contributed by atoms with Crippen molar-refractivity contribution in [2.75, 3.05) is 26.6 Å². The van der Waals surface area contributed by atoms with Gasteiger partial charge in [-0.25, -0.2) is 9.55 Å². The average molecular weight is 406 g/mol. The number of anilines is 1. The molecule has 150 valence electrons. The Bertz CT molecular complexity index is 948. The van der Waals surface area contributed by atoms with E-state index in [9.17, 15) is 19.4 Å². The highest BCUT2D eigenvalue weighted by Crippen LogP contribution is 2.46. The lowest BCUT2D eigenvalue weighted by atomic mass is 10.1. The van der Waals surface area contributed by atoms with Gasteiger partial charge in [-0.2, -0.15) is 4.98 Å². The third-order valence-corrected chi connectivity index (χ3v) is 5.11. The molecule has 1 aliphatic heterocycles. The lowest BCUT2D eigenvalue weighted by molar-refractivity contribution is -0.267. The zero-order valence-electron chi connectivity index (χ0n) is 14.3. The van der Waals surface area contributed by atoms with E-state index in [-0.39, 0.29) is 17.1 Å². The minimum atomic E-state index is -4.37. The van der Waals surface area contributed by atoms with E-state index in [2.05, 4.69) is 19.5 Å². The predicted molar refractivity (Wildman–Crippen MR) is 89.2 cm³/mol. The molecule has 7 N–H and O–H groups in total. The quantitative estimate of drug-likeness (QED) is 0.331. The lowest BCUT2D eigenvalue weighted by Crippen LogP contribution is -2.50. The molecule has 0 aromatic carbocycles. The Morgan fingerprint density at radius 3 is 2.85 bits per heavy atom. The Labute approximate surface area is 151 Å². The molecule has 1 fully saturated rings. The van der Waals surface area contributed by atoms with E-state index in [4.69, 9.17) is 25.5 Å². The number of fused-ring (bicyclic) bond motifs is 1. The molecule has 5 atom stereocenters. The second-order valence-corrected chi connectivity index (χ2v) is 7.31. The second kappa shape index (κ2) is 6.92. The first kappa shape index (κ1) is 19.9. The maximum absolute atomic E-state index is 11.9. The number of H-pyrrole nitrogens is 1. The number of aliphatic hydroxyl groups is 1.